The lowest BCUT2D eigenvalue weighted by Crippen LogP contribution is -2.31. The van der Waals surface area contributed by atoms with E-state index in [0.717, 1.165) is 42.5 Å². The molecule has 4 rings (SSSR count). The van der Waals surface area contributed by atoms with Gasteiger partial charge in [-0.1, -0.05) is 55.5 Å². The Morgan fingerprint density at radius 3 is 1.94 bits per heavy atom. The molecule has 2 nitrogen and oxygen atoms in total. The van der Waals surface area contributed by atoms with Crippen LogP contribution in [0.15, 0.2) is 48.5 Å². The van der Waals surface area contributed by atoms with E-state index in [2.05, 4.69) is 43.1 Å². The molecule has 0 aliphatic heterocycles. The van der Waals surface area contributed by atoms with Crippen LogP contribution in [0.25, 0.3) is 0 Å². The summed E-state index contributed by atoms with van der Waals surface area (Å²) in [5.74, 6) is 0. The van der Waals surface area contributed by atoms with Gasteiger partial charge in [-0.3, -0.25) is 4.90 Å². The lowest BCUT2D eigenvalue weighted by Gasteiger charge is -2.28. The number of rotatable bonds is 9. The molecule has 2 aromatic rings. The summed E-state index contributed by atoms with van der Waals surface area (Å²) in [6.45, 7) is 4.53. The van der Waals surface area contributed by atoms with Gasteiger partial charge in [0.2, 0.25) is 0 Å². The van der Waals surface area contributed by atoms with Crippen molar-refractivity contribution in [2.75, 3.05) is 7.05 Å². The SMILES string of the molecule is CC#N.CCC(CCc1c(C2(F)CC2)cccc1C1(F)CC1)N(C)Cc1ccccc1. The standard InChI is InChI=1S/C25H31F2N.C2H3N/c1-3-20(28(2)18-19-8-5-4-6-9-19)12-13-21-22(24(26)14-15-24)10-7-11-23(21)25(27)16-17-25;1-2-3/h4-11,20H,3,12-18H2,1-2H3;1H3. The van der Waals surface area contributed by atoms with Crippen LogP contribution in [0.5, 0.6) is 0 Å². The van der Waals surface area contributed by atoms with E-state index in [1.54, 1.807) is 6.07 Å². The Morgan fingerprint density at radius 2 is 1.48 bits per heavy atom. The second kappa shape index (κ2) is 9.92. The van der Waals surface area contributed by atoms with Crippen molar-refractivity contribution >= 4 is 0 Å². The lowest BCUT2D eigenvalue weighted by molar-refractivity contribution is 0.215. The van der Waals surface area contributed by atoms with Crippen LogP contribution in [0.1, 0.15) is 74.6 Å². The number of benzene rings is 2. The molecule has 1 atom stereocenters. The molecule has 0 N–H and O–H groups in total. The van der Waals surface area contributed by atoms with Crippen LogP contribution in [0, 0.1) is 11.3 Å². The third-order valence-electron chi connectivity index (χ3n) is 6.62. The molecule has 0 bridgehead atoms. The molecule has 0 heterocycles. The van der Waals surface area contributed by atoms with Gasteiger partial charge in [-0.05, 0) is 74.2 Å². The molecule has 2 aliphatic carbocycles. The number of nitriles is 1. The highest BCUT2D eigenvalue weighted by atomic mass is 19.1. The van der Waals surface area contributed by atoms with Crippen molar-refractivity contribution in [1.29, 1.82) is 5.26 Å². The number of hydrogen-bond donors (Lipinski definition) is 0. The molecule has 1 unspecified atom stereocenters. The fourth-order valence-corrected chi connectivity index (χ4v) is 4.50. The van der Waals surface area contributed by atoms with E-state index in [9.17, 15) is 0 Å². The van der Waals surface area contributed by atoms with Crippen LogP contribution < -0.4 is 0 Å². The van der Waals surface area contributed by atoms with Crippen molar-refractivity contribution in [2.45, 2.75) is 82.7 Å². The van der Waals surface area contributed by atoms with Crippen molar-refractivity contribution in [3.63, 3.8) is 0 Å². The van der Waals surface area contributed by atoms with Crippen LogP contribution in [0.3, 0.4) is 0 Å². The summed E-state index contributed by atoms with van der Waals surface area (Å²) >= 11 is 0. The molecular formula is C27H34F2N2. The predicted molar refractivity (Wildman–Crippen MR) is 122 cm³/mol. The molecule has 0 spiro atoms. The molecule has 0 radical (unpaired) electrons. The topological polar surface area (TPSA) is 27.0 Å². The maximum atomic E-state index is 15.0. The average Bonchev–Trinajstić information content (AvgIpc) is 3.69. The van der Waals surface area contributed by atoms with E-state index >= 15 is 8.78 Å². The monoisotopic (exact) mass is 424 g/mol. The summed E-state index contributed by atoms with van der Waals surface area (Å²) in [6.07, 6.45) is 5.02. The predicted octanol–water partition coefficient (Wildman–Crippen LogP) is 6.98. The zero-order valence-electron chi connectivity index (χ0n) is 19.0. The first kappa shape index (κ1) is 23.4. The highest BCUT2D eigenvalue weighted by molar-refractivity contribution is 5.46. The molecule has 2 aromatic carbocycles. The maximum Gasteiger partial charge on any atom is 0.136 e. The minimum absolute atomic E-state index is 0.394. The van der Waals surface area contributed by atoms with Crippen LogP contribution in [0.4, 0.5) is 8.78 Å². The van der Waals surface area contributed by atoms with Crippen molar-refractivity contribution < 1.29 is 8.78 Å². The van der Waals surface area contributed by atoms with E-state index in [1.807, 2.05) is 24.3 Å². The van der Waals surface area contributed by atoms with E-state index in [0.29, 0.717) is 31.7 Å². The summed E-state index contributed by atoms with van der Waals surface area (Å²) in [6, 6.07) is 18.3. The summed E-state index contributed by atoms with van der Waals surface area (Å²) < 4.78 is 30.0. The highest BCUT2D eigenvalue weighted by Gasteiger charge is 2.50. The van der Waals surface area contributed by atoms with Crippen LogP contribution >= 0.6 is 0 Å². The Bertz CT molecular complexity index is 859. The fraction of sp³-hybridized carbons (Fsp3) is 0.519. The maximum absolute atomic E-state index is 15.0. The molecule has 2 fully saturated rings. The third-order valence-corrected chi connectivity index (χ3v) is 6.62. The molecule has 0 aromatic heterocycles. The molecule has 2 aliphatic rings. The van der Waals surface area contributed by atoms with Crippen molar-refractivity contribution in [3.8, 4) is 6.07 Å². The summed E-state index contributed by atoms with van der Waals surface area (Å²) in [5.41, 5.74) is 1.34. The van der Waals surface area contributed by atoms with Crippen molar-refractivity contribution in [3.05, 3.63) is 70.8 Å². The number of alkyl halides is 2. The van der Waals surface area contributed by atoms with Gasteiger partial charge >= 0.3 is 0 Å². The van der Waals surface area contributed by atoms with E-state index in [4.69, 9.17) is 5.26 Å². The molecule has 4 heteroatoms. The van der Waals surface area contributed by atoms with Crippen LogP contribution in [0.2, 0.25) is 0 Å². The third kappa shape index (κ3) is 5.71. The Hall–Kier alpha value is -2.25. The van der Waals surface area contributed by atoms with Gasteiger partial charge in [0.05, 0.1) is 6.07 Å². The van der Waals surface area contributed by atoms with Crippen molar-refractivity contribution in [2.24, 2.45) is 0 Å². The van der Waals surface area contributed by atoms with Crippen LogP contribution in [-0.4, -0.2) is 18.0 Å². The first-order valence-corrected chi connectivity index (χ1v) is 11.4. The van der Waals surface area contributed by atoms with Gasteiger partial charge in [-0.25, -0.2) is 8.78 Å². The minimum Gasteiger partial charge on any atom is -0.299 e. The van der Waals surface area contributed by atoms with Crippen LogP contribution in [-0.2, 0) is 24.3 Å². The number of halogens is 2. The number of nitrogens with zero attached hydrogens (tertiary/aromatic N) is 2. The van der Waals surface area contributed by atoms with Gasteiger partial charge in [-0.2, -0.15) is 5.26 Å². The van der Waals surface area contributed by atoms with E-state index < -0.39 is 11.3 Å². The van der Waals surface area contributed by atoms with Gasteiger partial charge in [0.1, 0.15) is 11.3 Å². The van der Waals surface area contributed by atoms with Gasteiger partial charge in [0.25, 0.3) is 0 Å². The summed E-state index contributed by atoms with van der Waals surface area (Å²) in [4.78, 5) is 2.38. The molecule has 2 saturated carbocycles. The summed E-state index contributed by atoms with van der Waals surface area (Å²) in [7, 11) is 2.16. The fourth-order valence-electron chi connectivity index (χ4n) is 4.50. The Morgan fingerprint density at radius 1 is 0.968 bits per heavy atom. The van der Waals surface area contributed by atoms with Gasteiger partial charge in [-0.15, -0.1) is 0 Å². The van der Waals surface area contributed by atoms with E-state index in [-0.39, 0.29) is 0 Å². The molecular weight excluding hydrogens is 390 g/mol. The first-order chi connectivity index (χ1) is 14.9. The highest BCUT2D eigenvalue weighted by Crippen LogP contribution is 2.56. The Balaban J connectivity index is 0.000000858. The summed E-state index contributed by atoms with van der Waals surface area (Å²) in [5, 5.41) is 7.32. The number of hydrogen-bond acceptors (Lipinski definition) is 2. The Kier molecular flexibility index (Phi) is 7.49. The lowest BCUT2D eigenvalue weighted by atomic mass is 9.88. The second-order valence-electron chi connectivity index (χ2n) is 8.99. The Labute approximate surface area is 185 Å². The minimum atomic E-state index is -1.21. The van der Waals surface area contributed by atoms with Gasteiger partial charge in [0.15, 0.2) is 0 Å². The normalized spacial score (nSPS) is 18.5. The first-order valence-electron chi connectivity index (χ1n) is 11.4. The zero-order valence-corrected chi connectivity index (χ0v) is 19.0. The molecule has 31 heavy (non-hydrogen) atoms. The largest absolute Gasteiger partial charge is 0.299 e. The second-order valence-corrected chi connectivity index (χ2v) is 8.99. The van der Waals surface area contributed by atoms with Gasteiger partial charge < -0.3 is 0 Å². The van der Waals surface area contributed by atoms with Crippen molar-refractivity contribution in [1.82, 2.24) is 4.90 Å². The van der Waals surface area contributed by atoms with E-state index in [1.165, 1.54) is 12.5 Å². The molecule has 166 valence electrons. The molecule has 0 amide bonds. The smallest absolute Gasteiger partial charge is 0.136 e. The molecule has 0 saturated heterocycles. The zero-order chi connectivity index (χ0) is 22.5. The average molecular weight is 425 g/mol. The van der Waals surface area contributed by atoms with Gasteiger partial charge in [0, 0.05) is 19.5 Å². The quantitative estimate of drug-likeness (QED) is 0.434.